The van der Waals surface area contributed by atoms with Gasteiger partial charge in [-0.25, -0.2) is 0 Å². The number of rotatable bonds is 9. The second-order valence-electron chi connectivity index (χ2n) is 7.72. The minimum Gasteiger partial charge on any atom is -0.496 e. The van der Waals surface area contributed by atoms with Gasteiger partial charge in [0.05, 0.1) is 30.7 Å². The van der Waals surface area contributed by atoms with Crippen LogP contribution in [0.5, 0.6) is 11.5 Å². The average Bonchev–Trinajstić information content (AvgIpc) is 3.33. The highest BCUT2D eigenvalue weighted by Crippen LogP contribution is 2.29. The van der Waals surface area contributed by atoms with Crippen molar-refractivity contribution in [3.63, 3.8) is 0 Å². The Balaban J connectivity index is 1.80. The largest absolute Gasteiger partial charge is 0.496 e. The van der Waals surface area contributed by atoms with E-state index < -0.39 is 11.9 Å². The summed E-state index contributed by atoms with van der Waals surface area (Å²) < 4.78 is 10.7. The first kappa shape index (κ1) is 24.8. The van der Waals surface area contributed by atoms with E-state index >= 15 is 0 Å². The highest BCUT2D eigenvalue weighted by molar-refractivity contribution is 7.12. The fourth-order valence-corrected chi connectivity index (χ4v) is 4.18. The average molecular weight is 482 g/mol. The van der Waals surface area contributed by atoms with Crippen molar-refractivity contribution < 1.29 is 23.9 Å². The molecule has 8 nitrogen and oxygen atoms in total. The number of amides is 3. The molecule has 0 spiro atoms. The molecule has 0 fully saturated rings. The summed E-state index contributed by atoms with van der Waals surface area (Å²) in [5.41, 5.74) is 8.62. The first-order valence-corrected chi connectivity index (χ1v) is 11.4. The van der Waals surface area contributed by atoms with Crippen LogP contribution in [0.25, 0.3) is 0 Å². The standard InChI is InChI=1S/C25H27N3O5S/c1-14-5-7-16(8-6-14)19(28-25(31)22-11-18(13-34-22)23(26)29)12-27-24(30)17-9-20(32-3)15(2)21(10-17)33-4/h5-11,13,19H,12H2,1-4H3,(H2,26,29)(H,27,30)(H,28,31). The molecule has 0 aliphatic heterocycles. The van der Waals surface area contributed by atoms with E-state index in [0.29, 0.717) is 21.9 Å². The van der Waals surface area contributed by atoms with Gasteiger partial charge >= 0.3 is 0 Å². The molecule has 0 saturated heterocycles. The summed E-state index contributed by atoms with van der Waals surface area (Å²) in [6.07, 6.45) is 0. The summed E-state index contributed by atoms with van der Waals surface area (Å²) in [5, 5.41) is 7.36. The van der Waals surface area contributed by atoms with E-state index in [4.69, 9.17) is 15.2 Å². The number of ether oxygens (including phenoxy) is 2. The van der Waals surface area contributed by atoms with E-state index in [2.05, 4.69) is 10.6 Å². The molecule has 3 amide bonds. The summed E-state index contributed by atoms with van der Waals surface area (Å²) >= 11 is 1.13. The second kappa shape index (κ2) is 10.8. The van der Waals surface area contributed by atoms with Gasteiger partial charge in [-0.05, 0) is 37.6 Å². The number of hydrogen-bond donors (Lipinski definition) is 3. The SMILES string of the molecule is COc1cc(C(=O)NCC(NC(=O)c2cc(C(N)=O)cs2)c2ccc(C)cc2)cc(OC)c1C. The van der Waals surface area contributed by atoms with Gasteiger partial charge in [-0.3, -0.25) is 14.4 Å². The molecule has 2 aromatic carbocycles. The minimum atomic E-state index is -0.596. The molecule has 1 atom stereocenters. The van der Waals surface area contributed by atoms with Crippen LogP contribution in [0.4, 0.5) is 0 Å². The molecule has 0 aliphatic carbocycles. The molecule has 34 heavy (non-hydrogen) atoms. The van der Waals surface area contributed by atoms with Crippen LogP contribution in [0.3, 0.4) is 0 Å². The Kier molecular flexibility index (Phi) is 7.91. The van der Waals surface area contributed by atoms with Crippen molar-refractivity contribution >= 4 is 29.1 Å². The van der Waals surface area contributed by atoms with Gasteiger partial charge in [0.2, 0.25) is 5.91 Å². The molecule has 0 saturated carbocycles. The fraction of sp³-hybridized carbons (Fsp3) is 0.240. The van der Waals surface area contributed by atoms with Crippen molar-refractivity contribution in [3.8, 4) is 11.5 Å². The van der Waals surface area contributed by atoms with Crippen molar-refractivity contribution in [2.75, 3.05) is 20.8 Å². The molecule has 1 unspecified atom stereocenters. The maximum Gasteiger partial charge on any atom is 0.261 e. The summed E-state index contributed by atoms with van der Waals surface area (Å²) in [4.78, 5) is 37.5. The van der Waals surface area contributed by atoms with Crippen molar-refractivity contribution in [2.45, 2.75) is 19.9 Å². The molecule has 9 heteroatoms. The number of hydrogen-bond acceptors (Lipinski definition) is 6. The van der Waals surface area contributed by atoms with Crippen LogP contribution in [-0.4, -0.2) is 38.5 Å². The Morgan fingerprint density at radius 3 is 2.09 bits per heavy atom. The number of carbonyl (C=O) groups is 3. The summed E-state index contributed by atoms with van der Waals surface area (Å²) in [6, 6.07) is 11.9. The molecular formula is C25H27N3O5S. The normalized spacial score (nSPS) is 11.4. The van der Waals surface area contributed by atoms with E-state index in [9.17, 15) is 14.4 Å². The van der Waals surface area contributed by atoms with Gasteiger partial charge in [0.25, 0.3) is 11.8 Å². The Labute approximate surface area is 202 Å². The Morgan fingerprint density at radius 1 is 0.941 bits per heavy atom. The first-order chi connectivity index (χ1) is 16.2. The van der Waals surface area contributed by atoms with Gasteiger partial charge in [0, 0.05) is 23.1 Å². The Morgan fingerprint density at radius 2 is 1.56 bits per heavy atom. The van der Waals surface area contributed by atoms with Crippen LogP contribution in [0.15, 0.2) is 47.8 Å². The lowest BCUT2D eigenvalue weighted by Gasteiger charge is -2.20. The van der Waals surface area contributed by atoms with Crippen LogP contribution >= 0.6 is 11.3 Å². The highest BCUT2D eigenvalue weighted by Gasteiger charge is 2.20. The van der Waals surface area contributed by atoms with E-state index in [1.165, 1.54) is 25.7 Å². The number of aryl methyl sites for hydroxylation is 1. The predicted octanol–water partition coefficient (Wildman–Crippen LogP) is 3.38. The monoisotopic (exact) mass is 481 g/mol. The third-order valence-electron chi connectivity index (χ3n) is 5.37. The first-order valence-electron chi connectivity index (χ1n) is 10.5. The number of primary amides is 1. The Bertz CT molecular complexity index is 1180. The maximum atomic E-state index is 12.9. The third kappa shape index (κ3) is 5.74. The Hall–Kier alpha value is -3.85. The summed E-state index contributed by atoms with van der Waals surface area (Å²) in [5.74, 6) is -0.223. The smallest absolute Gasteiger partial charge is 0.261 e. The predicted molar refractivity (Wildman–Crippen MR) is 131 cm³/mol. The van der Waals surface area contributed by atoms with E-state index in [1.54, 1.807) is 12.1 Å². The van der Waals surface area contributed by atoms with Crippen LogP contribution in [-0.2, 0) is 0 Å². The molecule has 178 valence electrons. The second-order valence-corrected chi connectivity index (χ2v) is 8.63. The highest BCUT2D eigenvalue weighted by atomic mass is 32.1. The lowest BCUT2D eigenvalue weighted by Crippen LogP contribution is -2.37. The molecule has 0 bridgehead atoms. The van der Waals surface area contributed by atoms with Gasteiger partial charge in [0.15, 0.2) is 0 Å². The van der Waals surface area contributed by atoms with Gasteiger partial charge in [-0.2, -0.15) is 0 Å². The van der Waals surface area contributed by atoms with Crippen molar-refractivity contribution in [1.29, 1.82) is 0 Å². The zero-order chi connectivity index (χ0) is 24.8. The van der Waals surface area contributed by atoms with Crippen molar-refractivity contribution in [2.24, 2.45) is 5.73 Å². The zero-order valence-electron chi connectivity index (χ0n) is 19.4. The molecular weight excluding hydrogens is 454 g/mol. The topological polar surface area (TPSA) is 120 Å². The van der Waals surface area contributed by atoms with Crippen molar-refractivity contribution in [3.05, 3.63) is 80.5 Å². The molecule has 1 aromatic heterocycles. The lowest BCUT2D eigenvalue weighted by atomic mass is 10.0. The van der Waals surface area contributed by atoms with Crippen LogP contribution in [0.2, 0.25) is 0 Å². The number of methoxy groups -OCH3 is 2. The summed E-state index contributed by atoms with van der Waals surface area (Å²) in [7, 11) is 3.06. The number of thiophene rings is 1. The quantitative estimate of drug-likeness (QED) is 0.433. The van der Waals surface area contributed by atoms with Gasteiger partial charge < -0.3 is 25.8 Å². The summed E-state index contributed by atoms with van der Waals surface area (Å²) in [6.45, 7) is 3.95. The fourth-order valence-electron chi connectivity index (χ4n) is 3.38. The third-order valence-corrected chi connectivity index (χ3v) is 6.30. The van der Waals surface area contributed by atoms with Crippen LogP contribution < -0.4 is 25.8 Å². The number of nitrogens with two attached hydrogens (primary N) is 1. The zero-order valence-corrected chi connectivity index (χ0v) is 20.2. The van der Waals surface area contributed by atoms with Crippen LogP contribution in [0.1, 0.15) is 53.1 Å². The van der Waals surface area contributed by atoms with Gasteiger partial charge in [0.1, 0.15) is 11.5 Å². The molecule has 3 aromatic rings. The minimum absolute atomic E-state index is 0.139. The van der Waals surface area contributed by atoms with E-state index in [0.717, 1.165) is 28.0 Å². The maximum absolute atomic E-state index is 12.9. The molecule has 3 rings (SSSR count). The van der Waals surface area contributed by atoms with Crippen LogP contribution in [0, 0.1) is 13.8 Å². The molecule has 0 aliphatic rings. The molecule has 1 heterocycles. The molecule has 4 N–H and O–H groups in total. The van der Waals surface area contributed by atoms with Gasteiger partial charge in [-0.1, -0.05) is 29.8 Å². The van der Waals surface area contributed by atoms with E-state index in [1.807, 2.05) is 38.1 Å². The number of carbonyl (C=O) groups excluding carboxylic acids is 3. The van der Waals surface area contributed by atoms with Crippen molar-refractivity contribution in [1.82, 2.24) is 10.6 Å². The number of benzene rings is 2. The molecule has 0 radical (unpaired) electrons. The number of nitrogens with one attached hydrogen (secondary N) is 2. The lowest BCUT2D eigenvalue weighted by molar-refractivity contribution is 0.0910. The van der Waals surface area contributed by atoms with Gasteiger partial charge in [-0.15, -0.1) is 11.3 Å². The van der Waals surface area contributed by atoms with E-state index in [-0.39, 0.29) is 23.9 Å².